The first kappa shape index (κ1) is 12.5. The summed E-state index contributed by atoms with van der Waals surface area (Å²) in [5.41, 5.74) is 6.02. The van der Waals surface area contributed by atoms with Crippen molar-refractivity contribution in [2.45, 2.75) is 26.3 Å². The third-order valence-electron chi connectivity index (χ3n) is 2.03. The van der Waals surface area contributed by atoms with Crippen LogP contribution in [0.1, 0.15) is 19.7 Å². The maximum Gasteiger partial charge on any atom is 0.138 e. The van der Waals surface area contributed by atoms with E-state index in [0.717, 1.165) is 23.9 Å². The lowest BCUT2D eigenvalue weighted by atomic mass is 10.2. The van der Waals surface area contributed by atoms with Crippen LogP contribution in [0.5, 0.6) is 0 Å². The molecule has 0 spiro atoms. The van der Waals surface area contributed by atoms with Crippen molar-refractivity contribution in [3.8, 4) is 0 Å². The van der Waals surface area contributed by atoms with E-state index in [1.807, 2.05) is 18.8 Å². The van der Waals surface area contributed by atoms with Crippen LogP contribution >= 0.6 is 11.8 Å². The zero-order valence-corrected chi connectivity index (χ0v) is 10.5. The molecule has 4 nitrogen and oxygen atoms in total. The number of rotatable bonds is 6. The zero-order valence-electron chi connectivity index (χ0n) is 9.68. The summed E-state index contributed by atoms with van der Waals surface area (Å²) in [6.45, 7) is 4.45. The van der Waals surface area contributed by atoms with E-state index in [-0.39, 0.29) is 6.04 Å². The van der Waals surface area contributed by atoms with Crippen LogP contribution in [-0.4, -0.2) is 32.3 Å². The van der Waals surface area contributed by atoms with Crippen LogP contribution in [0.25, 0.3) is 0 Å². The molecule has 1 aromatic rings. The number of nitrogens with zero attached hydrogens (tertiary/aromatic N) is 3. The molecule has 0 radical (unpaired) electrons. The van der Waals surface area contributed by atoms with E-state index in [4.69, 9.17) is 5.73 Å². The number of thioether (sulfide) groups is 1. The van der Waals surface area contributed by atoms with Crippen LogP contribution < -0.4 is 5.73 Å². The van der Waals surface area contributed by atoms with Gasteiger partial charge in [-0.2, -0.15) is 16.9 Å². The molecule has 1 aromatic heterocycles. The van der Waals surface area contributed by atoms with Gasteiger partial charge < -0.3 is 5.73 Å². The van der Waals surface area contributed by atoms with Gasteiger partial charge in [-0.3, -0.25) is 4.68 Å². The molecule has 0 saturated carbocycles. The van der Waals surface area contributed by atoms with Crippen molar-refractivity contribution >= 4 is 11.8 Å². The van der Waals surface area contributed by atoms with Crippen molar-refractivity contribution in [2.24, 2.45) is 18.7 Å². The van der Waals surface area contributed by atoms with E-state index in [1.54, 1.807) is 11.0 Å². The van der Waals surface area contributed by atoms with Crippen molar-refractivity contribution in [3.05, 3.63) is 12.2 Å². The van der Waals surface area contributed by atoms with Crippen LogP contribution in [0.15, 0.2) is 6.33 Å². The molecule has 86 valence electrons. The maximum absolute atomic E-state index is 6.02. The van der Waals surface area contributed by atoms with Crippen molar-refractivity contribution in [2.75, 3.05) is 11.5 Å². The van der Waals surface area contributed by atoms with E-state index in [2.05, 4.69) is 23.9 Å². The summed E-state index contributed by atoms with van der Waals surface area (Å²) in [4.78, 5) is 4.16. The summed E-state index contributed by atoms with van der Waals surface area (Å²) in [5.74, 6) is 3.86. The second-order valence-electron chi connectivity index (χ2n) is 4.20. The number of hydrogen-bond donors (Lipinski definition) is 1. The zero-order chi connectivity index (χ0) is 11.3. The number of aromatic nitrogens is 3. The molecule has 0 aliphatic heterocycles. The van der Waals surface area contributed by atoms with Crippen LogP contribution in [0.4, 0.5) is 0 Å². The lowest BCUT2D eigenvalue weighted by Gasteiger charge is -2.11. The highest BCUT2D eigenvalue weighted by Gasteiger charge is 2.08. The quantitative estimate of drug-likeness (QED) is 0.791. The molecule has 0 bridgehead atoms. The molecule has 15 heavy (non-hydrogen) atoms. The monoisotopic (exact) mass is 228 g/mol. The normalized spacial score (nSPS) is 13.4. The topological polar surface area (TPSA) is 56.7 Å². The minimum Gasteiger partial charge on any atom is -0.327 e. The van der Waals surface area contributed by atoms with E-state index in [1.165, 1.54) is 5.75 Å². The first-order valence-corrected chi connectivity index (χ1v) is 6.41. The lowest BCUT2D eigenvalue weighted by Crippen LogP contribution is -2.27. The highest BCUT2D eigenvalue weighted by Crippen LogP contribution is 2.09. The van der Waals surface area contributed by atoms with Crippen LogP contribution in [0.2, 0.25) is 0 Å². The van der Waals surface area contributed by atoms with Crippen molar-refractivity contribution in [1.29, 1.82) is 0 Å². The summed E-state index contributed by atoms with van der Waals surface area (Å²) in [6.07, 6.45) is 2.38. The maximum atomic E-state index is 6.02. The fourth-order valence-corrected chi connectivity index (χ4v) is 2.28. The Labute approximate surface area is 95.6 Å². The summed E-state index contributed by atoms with van der Waals surface area (Å²) in [6, 6.07) is 0.177. The molecule has 0 fully saturated rings. The van der Waals surface area contributed by atoms with E-state index >= 15 is 0 Å². The first-order valence-electron chi connectivity index (χ1n) is 5.25. The van der Waals surface area contributed by atoms with Gasteiger partial charge in [-0.05, 0) is 11.7 Å². The second kappa shape index (κ2) is 6.12. The van der Waals surface area contributed by atoms with Gasteiger partial charge in [-0.15, -0.1) is 0 Å². The number of hydrogen-bond acceptors (Lipinski definition) is 4. The van der Waals surface area contributed by atoms with Crippen molar-refractivity contribution in [3.63, 3.8) is 0 Å². The molecule has 0 amide bonds. The number of aryl methyl sites for hydroxylation is 1. The standard InChI is InChI=1S/C10H20N4S/c1-8(2)5-15-6-9(11)4-10-12-7-13-14(10)3/h7-9H,4-6,11H2,1-3H3. The van der Waals surface area contributed by atoms with Crippen LogP contribution in [-0.2, 0) is 13.5 Å². The third kappa shape index (κ3) is 4.66. The van der Waals surface area contributed by atoms with E-state index in [9.17, 15) is 0 Å². The van der Waals surface area contributed by atoms with Gasteiger partial charge in [0.15, 0.2) is 0 Å². The Kier molecular flexibility index (Phi) is 5.11. The smallest absolute Gasteiger partial charge is 0.138 e. The molecule has 0 aliphatic carbocycles. The third-order valence-corrected chi connectivity index (χ3v) is 3.60. The summed E-state index contributed by atoms with van der Waals surface area (Å²) >= 11 is 1.91. The van der Waals surface area contributed by atoms with E-state index in [0.29, 0.717) is 0 Å². The van der Waals surface area contributed by atoms with Crippen molar-refractivity contribution < 1.29 is 0 Å². The molecule has 1 rings (SSSR count). The largest absolute Gasteiger partial charge is 0.327 e. The summed E-state index contributed by atoms with van der Waals surface area (Å²) in [7, 11) is 1.90. The first-order chi connectivity index (χ1) is 7.09. The molecule has 1 atom stereocenters. The average molecular weight is 228 g/mol. The summed E-state index contributed by atoms with van der Waals surface area (Å²) < 4.78 is 1.78. The van der Waals surface area contributed by atoms with Gasteiger partial charge in [0, 0.05) is 25.3 Å². The Hall–Kier alpha value is -0.550. The van der Waals surface area contributed by atoms with Crippen LogP contribution in [0.3, 0.4) is 0 Å². The van der Waals surface area contributed by atoms with Gasteiger partial charge >= 0.3 is 0 Å². The SMILES string of the molecule is CC(C)CSCC(N)Cc1ncnn1C. The average Bonchev–Trinajstić information content (AvgIpc) is 2.51. The van der Waals surface area contributed by atoms with Gasteiger partial charge in [-0.1, -0.05) is 13.8 Å². The minimum absolute atomic E-state index is 0.177. The molecular weight excluding hydrogens is 208 g/mol. The molecule has 1 unspecified atom stereocenters. The molecule has 5 heteroatoms. The molecule has 1 heterocycles. The second-order valence-corrected chi connectivity index (χ2v) is 5.27. The summed E-state index contributed by atoms with van der Waals surface area (Å²) in [5, 5.41) is 4.02. The molecule has 0 aliphatic rings. The predicted molar refractivity (Wildman–Crippen MR) is 64.8 cm³/mol. The van der Waals surface area contributed by atoms with Gasteiger partial charge in [-0.25, -0.2) is 4.98 Å². The van der Waals surface area contributed by atoms with Crippen molar-refractivity contribution in [1.82, 2.24) is 14.8 Å². The van der Waals surface area contributed by atoms with E-state index < -0.39 is 0 Å². The number of nitrogens with two attached hydrogens (primary N) is 1. The van der Waals surface area contributed by atoms with Gasteiger partial charge in [0.25, 0.3) is 0 Å². The molecule has 0 aromatic carbocycles. The fourth-order valence-electron chi connectivity index (χ4n) is 1.25. The molecule has 0 saturated heterocycles. The molecule has 2 N–H and O–H groups in total. The Balaban J connectivity index is 2.24. The predicted octanol–water partition coefficient (Wildman–Crippen LogP) is 1.07. The Morgan fingerprint density at radius 3 is 2.73 bits per heavy atom. The lowest BCUT2D eigenvalue weighted by molar-refractivity contribution is 0.642. The van der Waals surface area contributed by atoms with Crippen LogP contribution in [0, 0.1) is 5.92 Å². The van der Waals surface area contributed by atoms with Gasteiger partial charge in [0.1, 0.15) is 12.2 Å². The highest BCUT2D eigenvalue weighted by atomic mass is 32.2. The fraction of sp³-hybridized carbons (Fsp3) is 0.800. The Morgan fingerprint density at radius 1 is 1.47 bits per heavy atom. The van der Waals surface area contributed by atoms with Gasteiger partial charge in [0.2, 0.25) is 0 Å². The minimum atomic E-state index is 0.177. The van der Waals surface area contributed by atoms with Gasteiger partial charge in [0.05, 0.1) is 0 Å². The Bertz CT molecular complexity index is 285. The Morgan fingerprint density at radius 2 is 2.20 bits per heavy atom. The molecular formula is C10H20N4S. The highest BCUT2D eigenvalue weighted by molar-refractivity contribution is 7.99.